The predicted octanol–water partition coefficient (Wildman–Crippen LogP) is 1.24. The monoisotopic (exact) mass is 195 g/mol. The van der Waals surface area contributed by atoms with Gasteiger partial charge >= 0.3 is 6.09 Å². The maximum absolute atomic E-state index is 10.9. The number of amides is 1. The molecule has 0 bridgehead atoms. The molecule has 1 saturated heterocycles. The molecule has 1 aliphatic rings. The summed E-state index contributed by atoms with van der Waals surface area (Å²) in [7, 11) is 1.84. The highest BCUT2D eigenvalue weighted by Gasteiger charge is 2.31. The molecule has 0 aliphatic carbocycles. The van der Waals surface area contributed by atoms with Gasteiger partial charge in [-0.05, 0) is 18.9 Å². The Balaban J connectivity index is 2.26. The van der Waals surface area contributed by atoms with E-state index < -0.39 is 6.09 Å². The summed E-state index contributed by atoms with van der Waals surface area (Å²) >= 11 is 0. The number of likely N-dealkylation sites (tertiary alicyclic amines) is 1. The molecule has 1 N–H and O–H groups in total. The summed E-state index contributed by atoms with van der Waals surface area (Å²) in [5.41, 5.74) is 0.977. The zero-order chi connectivity index (χ0) is 10.1. The molecule has 2 heterocycles. The van der Waals surface area contributed by atoms with E-state index in [0.717, 1.165) is 18.5 Å². The minimum absolute atomic E-state index is 0.0139. The maximum Gasteiger partial charge on any atom is 0.407 e. The van der Waals surface area contributed by atoms with Crippen molar-refractivity contribution < 1.29 is 9.90 Å². The Morgan fingerprint density at radius 2 is 2.50 bits per heavy atom. The first kappa shape index (κ1) is 9.05. The minimum atomic E-state index is -0.839. The van der Waals surface area contributed by atoms with Crippen LogP contribution >= 0.6 is 0 Å². The van der Waals surface area contributed by atoms with E-state index in [1.165, 1.54) is 4.90 Å². The van der Waals surface area contributed by atoms with Crippen LogP contribution in [0.15, 0.2) is 12.3 Å². The van der Waals surface area contributed by atoms with E-state index in [2.05, 4.69) is 5.10 Å². The molecule has 0 spiro atoms. The lowest BCUT2D eigenvalue weighted by atomic mass is 10.1. The van der Waals surface area contributed by atoms with Crippen LogP contribution in [0.3, 0.4) is 0 Å². The third-order valence-electron chi connectivity index (χ3n) is 2.70. The van der Waals surface area contributed by atoms with E-state index in [9.17, 15) is 4.79 Å². The smallest absolute Gasteiger partial charge is 0.407 e. The Kier molecular flexibility index (Phi) is 2.15. The van der Waals surface area contributed by atoms with Crippen molar-refractivity contribution in [2.45, 2.75) is 18.9 Å². The molecule has 0 unspecified atom stereocenters. The fourth-order valence-corrected chi connectivity index (χ4v) is 2.01. The Morgan fingerprint density at radius 3 is 3.07 bits per heavy atom. The average molecular weight is 195 g/mol. The molecule has 1 aliphatic heterocycles. The summed E-state index contributed by atoms with van der Waals surface area (Å²) in [6.45, 7) is 0.630. The molecule has 1 aromatic rings. The SMILES string of the molecule is Cn1nccc1[C@@H]1CCCN1C(=O)O. The van der Waals surface area contributed by atoms with E-state index >= 15 is 0 Å². The van der Waals surface area contributed by atoms with Gasteiger partial charge in [-0.15, -0.1) is 0 Å². The number of hydrogen-bond donors (Lipinski definition) is 1. The molecule has 76 valence electrons. The van der Waals surface area contributed by atoms with Gasteiger partial charge in [-0.2, -0.15) is 5.10 Å². The second kappa shape index (κ2) is 3.32. The number of aryl methyl sites for hydroxylation is 1. The normalized spacial score (nSPS) is 21.5. The van der Waals surface area contributed by atoms with Crippen molar-refractivity contribution in [1.29, 1.82) is 0 Å². The lowest BCUT2D eigenvalue weighted by Gasteiger charge is -2.21. The van der Waals surface area contributed by atoms with Crippen molar-refractivity contribution in [3.8, 4) is 0 Å². The largest absolute Gasteiger partial charge is 0.465 e. The van der Waals surface area contributed by atoms with Gasteiger partial charge in [0.25, 0.3) is 0 Å². The second-order valence-corrected chi connectivity index (χ2v) is 3.51. The van der Waals surface area contributed by atoms with Crippen molar-refractivity contribution in [2.75, 3.05) is 6.54 Å². The Morgan fingerprint density at radius 1 is 1.71 bits per heavy atom. The van der Waals surface area contributed by atoms with Crippen molar-refractivity contribution in [1.82, 2.24) is 14.7 Å². The van der Waals surface area contributed by atoms with Crippen LogP contribution < -0.4 is 0 Å². The van der Waals surface area contributed by atoms with Crippen LogP contribution in [0.1, 0.15) is 24.6 Å². The number of aromatic nitrogens is 2. The van der Waals surface area contributed by atoms with Crippen molar-refractivity contribution in [2.24, 2.45) is 7.05 Å². The van der Waals surface area contributed by atoms with E-state index in [1.54, 1.807) is 10.9 Å². The molecule has 1 atom stereocenters. The van der Waals surface area contributed by atoms with Crippen molar-refractivity contribution >= 4 is 6.09 Å². The van der Waals surface area contributed by atoms with Crippen LogP contribution in [-0.4, -0.2) is 32.4 Å². The van der Waals surface area contributed by atoms with Crippen molar-refractivity contribution in [3.05, 3.63) is 18.0 Å². The van der Waals surface area contributed by atoms with Crippen LogP contribution in [-0.2, 0) is 7.05 Å². The van der Waals surface area contributed by atoms with Gasteiger partial charge in [0.1, 0.15) is 0 Å². The van der Waals surface area contributed by atoms with Crippen LogP contribution in [0.25, 0.3) is 0 Å². The van der Waals surface area contributed by atoms with Gasteiger partial charge in [0.05, 0.1) is 11.7 Å². The molecule has 0 aromatic carbocycles. The Bertz CT molecular complexity index is 348. The molecule has 1 aromatic heterocycles. The van der Waals surface area contributed by atoms with Gasteiger partial charge in [0.2, 0.25) is 0 Å². The third-order valence-corrected chi connectivity index (χ3v) is 2.70. The first-order chi connectivity index (χ1) is 6.70. The van der Waals surface area contributed by atoms with Gasteiger partial charge in [-0.25, -0.2) is 4.79 Å². The summed E-state index contributed by atoms with van der Waals surface area (Å²) in [5, 5.41) is 13.0. The number of rotatable bonds is 1. The molecule has 5 nitrogen and oxygen atoms in total. The van der Waals surface area contributed by atoms with Crippen molar-refractivity contribution in [3.63, 3.8) is 0 Å². The molecule has 1 fully saturated rings. The fraction of sp³-hybridized carbons (Fsp3) is 0.556. The average Bonchev–Trinajstić information content (AvgIpc) is 2.70. The summed E-state index contributed by atoms with van der Waals surface area (Å²) in [6.07, 6.45) is 2.69. The van der Waals surface area contributed by atoms with Crippen LogP contribution in [0.2, 0.25) is 0 Å². The van der Waals surface area contributed by atoms with E-state index in [4.69, 9.17) is 5.11 Å². The maximum atomic E-state index is 10.9. The van der Waals surface area contributed by atoms with Crippen LogP contribution in [0, 0.1) is 0 Å². The lowest BCUT2D eigenvalue weighted by molar-refractivity contribution is 0.138. The topological polar surface area (TPSA) is 58.4 Å². The zero-order valence-electron chi connectivity index (χ0n) is 8.05. The van der Waals surface area contributed by atoms with Gasteiger partial charge in [-0.3, -0.25) is 9.58 Å². The number of hydrogen-bond acceptors (Lipinski definition) is 2. The molecule has 5 heteroatoms. The van der Waals surface area contributed by atoms with Crippen LogP contribution in [0.4, 0.5) is 4.79 Å². The summed E-state index contributed by atoms with van der Waals surface area (Å²) in [4.78, 5) is 12.4. The fourth-order valence-electron chi connectivity index (χ4n) is 2.01. The molecule has 2 rings (SSSR count). The second-order valence-electron chi connectivity index (χ2n) is 3.51. The minimum Gasteiger partial charge on any atom is -0.465 e. The Labute approximate surface area is 81.9 Å². The summed E-state index contributed by atoms with van der Waals surface area (Å²) in [6, 6.07) is 1.87. The highest BCUT2D eigenvalue weighted by molar-refractivity contribution is 5.66. The molecule has 0 saturated carbocycles. The highest BCUT2D eigenvalue weighted by atomic mass is 16.4. The lowest BCUT2D eigenvalue weighted by Crippen LogP contribution is -2.29. The standard InChI is InChI=1S/C9H13N3O2/c1-11-7(4-5-10-11)8-3-2-6-12(8)9(13)14/h4-5,8H,2-3,6H2,1H3,(H,13,14)/t8-/m0/s1. The molecule has 14 heavy (non-hydrogen) atoms. The predicted molar refractivity (Wildman–Crippen MR) is 49.9 cm³/mol. The molecular formula is C9H13N3O2. The van der Waals surface area contributed by atoms with Gasteiger partial charge < -0.3 is 5.11 Å². The first-order valence-corrected chi connectivity index (χ1v) is 4.67. The number of carbonyl (C=O) groups is 1. The van der Waals surface area contributed by atoms with Crippen LogP contribution in [0.5, 0.6) is 0 Å². The highest BCUT2D eigenvalue weighted by Crippen LogP contribution is 2.31. The molecular weight excluding hydrogens is 182 g/mol. The summed E-state index contributed by atoms with van der Waals surface area (Å²) in [5.74, 6) is 0. The van der Waals surface area contributed by atoms with Gasteiger partial charge in [0.15, 0.2) is 0 Å². The quantitative estimate of drug-likeness (QED) is 0.733. The van der Waals surface area contributed by atoms with E-state index in [-0.39, 0.29) is 6.04 Å². The van der Waals surface area contributed by atoms with Gasteiger partial charge in [0, 0.05) is 19.8 Å². The third kappa shape index (κ3) is 1.34. The zero-order valence-corrected chi connectivity index (χ0v) is 8.05. The van der Waals surface area contributed by atoms with Gasteiger partial charge in [-0.1, -0.05) is 0 Å². The Hall–Kier alpha value is -1.52. The molecule has 1 amide bonds. The van der Waals surface area contributed by atoms with E-state index in [0.29, 0.717) is 6.54 Å². The number of carboxylic acid groups (broad SMARTS) is 1. The number of nitrogens with zero attached hydrogens (tertiary/aromatic N) is 3. The molecule has 0 radical (unpaired) electrons. The first-order valence-electron chi connectivity index (χ1n) is 4.67. The summed E-state index contributed by atoms with van der Waals surface area (Å²) < 4.78 is 1.74. The van der Waals surface area contributed by atoms with E-state index in [1.807, 2.05) is 13.1 Å².